The molecule has 0 amide bonds. The van der Waals surface area contributed by atoms with Crippen LogP contribution < -0.4 is 4.90 Å². The molecule has 2 N–H and O–H groups in total. The summed E-state index contributed by atoms with van der Waals surface area (Å²) in [7, 11) is 0. The molecule has 0 aliphatic carbocycles. The van der Waals surface area contributed by atoms with Crippen molar-refractivity contribution in [3.8, 4) is 0 Å². The Hall–Kier alpha value is -1.13. The van der Waals surface area contributed by atoms with Crippen LogP contribution in [0.5, 0.6) is 0 Å². The Labute approximate surface area is 108 Å². The highest BCUT2D eigenvalue weighted by Gasteiger charge is 2.20. The van der Waals surface area contributed by atoms with Crippen LogP contribution in [0.3, 0.4) is 0 Å². The largest absolute Gasteiger partial charge is 0.396 e. The number of rotatable bonds is 4. The topological polar surface area (TPSA) is 56.6 Å². The molecule has 0 spiro atoms. The molecule has 1 aromatic heterocycles. The summed E-state index contributed by atoms with van der Waals surface area (Å²) in [5.41, 5.74) is 1.86. The molecular formula is C14H22N2O2. The van der Waals surface area contributed by atoms with Crippen molar-refractivity contribution >= 4 is 5.82 Å². The van der Waals surface area contributed by atoms with Gasteiger partial charge in [-0.3, -0.25) is 0 Å². The molecule has 1 saturated heterocycles. The molecule has 100 valence electrons. The molecule has 1 aromatic rings. The zero-order chi connectivity index (χ0) is 13.0. The lowest BCUT2D eigenvalue weighted by molar-refractivity contribution is 0.244. The number of aromatic nitrogens is 1. The van der Waals surface area contributed by atoms with Crippen molar-refractivity contribution < 1.29 is 10.2 Å². The maximum Gasteiger partial charge on any atom is 0.129 e. The molecule has 1 aliphatic rings. The molecule has 1 fully saturated rings. The van der Waals surface area contributed by atoms with E-state index < -0.39 is 0 Å². The molecule has 0 saturated carbocycles. The van der Waals surface area contributed by atoms with Crippen LogP contribution in [0.1, 0.15) is 30.5 Å². The van der Waals surface area contributed by atoms with E-state index in [-0.39, 0.29) is 13.2 Å². The van der Waals surface area contributed by atoms with Gasteiger partial charge in [0.1, 0.15) is 5.82 Å². The molecule has 4 heteroatoms. The van der Waals surface area contributed by atoms with Gasteiger partial charge in [0.05, 0.1) is 6.61 Å². The van der Waals surface area contributed by atoms with Gasteiger partial charge >= 0.3 is 0 Å². The van der Waals surface area contributed by atoms with Crippen molar-refractivity contribution in [1.29, 1.82) is 0 Å². The number of anilines is 1. The fraction of sp³-hybridized carbons (Fsp3) is 0.643. The molecular weight excluding hydrogens is 228 g/mol. The standard InChI is InChI=1S/C14H22N2O2/c1-11-7-13(10-18)8-14(15-11)16-5-2-3-12(9-16)4-6-17/h7-8,12,17-18H,2-6,9-10H2,1H3. The monoisotopic (exact) mass is 250 g/mol. The minimum absolute atomic E-state index is 0.0598. The third-order valence-corrected chi connectivity index (χ3v) is 3.56. The minimum Gasteiger partial charge on any atom is -0.396 e. The highest BCUT2D eigenvalue weighted by atomic mass is 16.3. The Balaban J connectivity index is 2.12. The lowest BCUT2D eigenvalue weighted by Crippen LogP contribution is -2.36. The van der Waals surface area contributed by atoms with Crippen molar-refractivity contribution in [3.63, 3.8) is 0 Å². The molecule has 4 nitrogen and oxygen atoms in total. The zero-order valence-electron chi connectivity index (χ0n) is 11.0. The number of aliphatic hydroxyl groups excluding tert-OH is 2. The first-order valence-electron chi connectivity index (χ1n) is 6.67. The van der Waals surface area contributed by atoms with E-state index in [9.17, 15) is 5.11 Å². The van der Waals surface area contributed by atoms with Gasteiger partial charge < -0.3 is 15.1 Å². The van der Waals surface area contributed by atoms with Gasteiger partial charge in [-0.2, -0.15) is 0 Å². The summed E-state index contributed by atoms with van der Waals surface area (Å²) in [4.78, 5) is 6.83. The van der Waals surface area contributed by atoms with Gasteiger partial charge in [0.25, 0.3) is 0 Å². The molecule has 0 aromatic carbocycles. The van der Waals surface area contributed by atoms with E-state index in [1.54, 1.807) is 0 Å². The molecule has 1 atom stereocenters. The molecule has 2 rings (SSSR count). The molecule has 18 heavy (non-hydrogen) atoms. The Kier molecular flexibility index (Phi) is 4.55. The number of aliphatic hydroxyl groups is 2. The van der Waals surface area contributed by atoms with E-state index in [1.807, 2.05) is 19.1 Å². The minimum atomic E-state index is 0.0598. The average molecular weight is 250 g/mol. The first-order chi connectivity index (χ1) is 8.72. The summed E-state index contributed by atoms with van der Waals surface area (Å²) >= 11 is 0. The summed E-state index contributed by atoms with van der Waals surface area (Å²) in [6.07, 6.45) is 3.21. The van der Waals surface area contributed by atoms with E-state index in [0.717, 1.165) is 43.0 Å². The van der Waals surface area contributed by atoms with Gasteiger partial charge in [-0.05, 0) is 49.8 Å². The number of pyridine rings is 1. The summed E-state index contributed by atoms with van der Waals surface area (Å²) in [6, 6.07) is 3.88. The third kappa shape index (κ3) is 3.21. The van der Waals surface area contributed by atoms with Crippen LogP contribution in [0.2, 0.25) is 0 Å². The molecule has 1 aliphatic heterocycles. The Morgan fingerprint density at radius 2 is 2.22 bits per heavy atom. The second-order valence-electron chi connectivity index (χ2n) is 5.10. The van der Waals surface area contributed by atoms with E-state index >= 15 is 0 Å². The van der Waals surface area contributed by atoms with Crippen LogP contribution in [-0.4, -0.2) is 34.9 Å². The molecule has 0 bridgehead atoms. The van der Waals surface area contributed by atoms with Gasteiger partial charge in [-0.25, -0.2) is 4.98 Å². The molecule has 1 unspecified atom stereocenters. The summed E-state index contributed by atoms with van der Waals surface area (Å²) in [6.45, 7) is 4.26. The van der Waals surface area contributed by atoms with Crippen molar-refractivity contribution in [2.75, 3.05) is 24.6 Å². The van der Waals surface area contributed by atoms with Crippen molar-refractivity contribution in [1.82, 2.24) is 4.98 Å². The normalized spacial score (nSPS) is 20.2. The van der Waals surface area contributed by atoms with Crippen LogP contribution in [0.15, 0.2) is 12.1 Å². The number of nitrogens with zero attached hydrogens (tertiary/aromatic N) is 2. The van der Waals surface area contributed by atoms with Crippen molar-refractivity contribution in [3.05, 3.63) is 23.4 Å². The SMILES string of the molecule is Cc1cc(CO)cc(N2CCCC(CCO)C2)n1. The molecule has 2 heterocycles. The van der Waals surface area contributed by atoms with Gasteiger partial charge in [0.2, 0.25) is 0 Å². The summed E-state index contributed by atoms with van der Waals surface area (Å²) < 4.78 is 0. The maximum atomic E-state index is 9.24. The highest BCUT2D eigenvalue weighted by Crippen LogP contribution is 2.24. The number of hydrogen-bond acceptors (Lipinski definition) is 4. The van der Waals surface area contributed by atoms with Crippen LogP contribution in [0.25, 0.3) is 0 Å². The Bertz CT molecular complexity index is 393. The second kappa shape index (κ2) is 6.16. The lowest BCUT2D eigenvalue weighted by Gasteiger charge is -2.33. The van der Waals surface area contributed by atoms with E-state index in [2.05, 4.69) is 9.88 Å². The zero-order valence-corrected chi connectivity index (χ0v) is 11.0. The van der Waals surface area contributed by atoms with Crippen LogP contribution in [-0.2, 0) is 6.61 Å². The summed E-state index contributed by atoms with van der Waals surface area (Å²) in [5.74, 6) is 1.52. The van der Waals surface area contributed by atoms with E-state index in [0.29, 0.717) is 5.92 Å². The molecule has 0 radical (unpaired) electrons. The quantitative estimate of drug-likeness (QED) is 0.850. The second-order valence-corrected chi connectivity index (χ2v) is 5.10. The van der Waals surface area contributed by atoms with Crippen LogP contribution >= 0.6 is 0 Å². The smallest absolute Gasteiger partial charge is 0.129 e. The number of aryl methyl sites for hydroxylation is 1. The average Bonchev–Trinajstić information content (AvgIpc) is 2.39. The van der Waals surface area contributed by atoms with Crippen molar-refractivity contribution in [2.45, 2.75) is 32.8 Å². The third-order valence-electron chi connectivity index (χ3n) is 3.56. The van der Waals surface area contributed by atoms with Crippen molar-refractivity contribution in [2.24, 2.45) is 5.92 Å². The van der Waals surface area contributed by atoms with Gasteiger partial charge in [-0.1, -0.05) is 0 Å². The number of piperidine rings is 1. The summed E-state index contributed by atoms with van der Waals surface area (Å²) in [5, 5.41) is 18.3. The Morgan fingerprint density at radius 1 is 1.39 bits per heavy atom. The van der Waals surface area contributed by atoms with E-state index in [1.165, 1.54) is 6.42 Å². The maximum absolute atomic E-state index is 9.24. The fourth-order valence-electron chi connectivity index (χ4n) is 2.67. The first kappa shape index (κ1) is 13.3. The Morgan fingerprint density at radius 3 is 2.94 bits per heavy atom. The van der Waals surface area contributed by atoms with Crippen LogP contribution in [0.4, 0.5) is 5.82 Å². The van der Waals surface area contributed by atoms with Crippen LogP contribution in [0, 0.1) is 12.8 Å². The lowest BCUT2D eigenvalue weighted by atomic mass is 9.95. The number of hydrogen-bond donors (Lipinski definition) is 2. The van der Waals surface area contributed by atoms with Gasteiger partial charge in [0, 0.05) is 25.4 Å². The predicted molar refractivity (Wildman–Crippen MR) is 71.5 cm³/mol. The van der Waals surface area contributed by atoms with Gasteiger partial charge in [-0.15, -0.1) is 0 Å². The van der Waals surface area contributed by atoms with E-state index in [4.69, 9.17) is 5.11 Å². The van der Waals surface area contributed by atoms with Gasteiger partial charge in [0.15, 0.2) is 0 Å². The fourth-order valence-corrected chi connectivity index (χ4v) is 2.67. The highest BCUT2D eigenvalue weighted by molar-refractivity contribution is 5.43. The first-order valence-corrected chi connectivity index (χ1v) is 6.67. The predicted octanol–water partition coefficient (Wildman–Crippen LogP) is 1.48.